The van der Waals surface area contributed by atoms with Gasteiger partial charge in [-0.3, -0.25) is 13.9 Å². The van der Waals surface area contributed by atoms with E-state index >= 15 is 0 Å². The van der Waals surface area contributed by atoms with Gasteiger partial charge in [0, 0.05) is 26.1 Å². The molecule has 7 nitrogen and oxygen atoms in total. The van der Waals surface area contributed by atoms with Crippen molar-refractivity contribution in [2.24, 2.45) is 0 Å². The molecule has 2 aromatic carbocycles. The van der Waals surface area contributed by atoms with Crippen LogP contribution >= 0.6 is 23.2 Å². The van der Waals surface area contributed by atoms with E-state index in [1.54, 1.807) is 29.2 Å². The Labute approximate surface area is 231 Å². The molecule has 204 valence electrons. The van der Waals surface area contributed by atoms with Crippen molar-refractivity contribution in [1.29, 1.82) is 0 Å². The van der Waals surface area contributed by atoms with Gasteiger partial charge in [-0.1, -0.05) is 49.2 Å². The van der Waals surface area contributed by atoms with Crippen molar-refractivity contribution in [2.45, 2.75) is 66.0 Å². The number of carbonyl (C=O) groups excluding carboxylic acids is 2. The molecule has 10 heteroatoms. The molecule has 37 heavy (non-hydrogen) atoms. The van der Waals surface area contributed by atoms with Crippen LogP contribution in [0.4, 0.5) is 5.69 Å². The number of aryl methyl sites for hydroxylation is 2. The minimum Gasteiger partial charge on any atom is -0.354 e. The molecule has 0 saturated carbocycles. The van der Waals surface area contributed by atoms with E-state index in [1.165, 1.54) is 4.31 Å². The van der Waals surface area contributed by atoms with Crippen LogP contribution in [0.15, 0.2) is 36.4 Å². The molecule has 0 fully saturated rings. The van der Waals surface area contributed by atoms with Crippen molar-refractivity contribution >= 4 is 50.7 Å². The van der Waals surface area contributed by atoms with Crippen molar-refractivity contribution < 1.29 is 18.0 Å². The van der Waals surface area contributed by atoms with Crippen LogP contribution in [0.3, 0.4) is 0 Å². The largest absolute Gasteiger partial charge is 0.354 e. The molecule has 0 aliphatic rings. The molecule has 1 atom stereocenters. The molecule has 0 aliphatic carbocycles. The fourth-order valence-corrected chi connectivity index (χ4v) is 5.28. The lowest BCUT2D eigenvalue weighted by Gasteiger charge is -2.31. The standard InChI is InChI=1S/C27H37Cl2N3O4S/c1-6-14-30-27(34)25(7-2)31(18-21-11-13-23(28)24(29)17-21)26(33)9-8-15-32(37(5,35)36)22-12-10-19(3)20(4)16-22/h10-13,16-17,25H,6-9,14-15,18H2,1-5H3,(H,30,34)/t25-/m1/s1. The molecular formula is C27H37Cl2N3O4S. The maximum absolute atomic E-state index is 13.5. The highest BCUT2D eigenvalue weighted by molar-refractivity contribution is 7.92. The number of rotatable bonds is 13. The third-order valence-corrected chi connectivity index (χ3v) is 8.14. The van der Waals surface area contributed by atoms with Crippen molar-refractivity contribution in [3.8, 4) is 0 Å². The molecule has 1 N–H and O–H groups in total. The van der Waals surface area contributed by atoms with Crippen LogP contribution in [0.5, 0.6) is 0 Å². The van der Waals surface area contributed by atoms with E-state index in [0.29, 0.717) is 35.1 Å². The van der Waals surface area contributed by atoms with Gasteiger partial charge in [-0.25, -0.2) is 8.42 Å². The van der Waals surface area contributed by atoms with E-state index in [1.807, 2.05) is 39.8 Å². The lowest BCUT2D eigenvalue weighted by molar-refractivity contribution is -0.141. The fourth-order valence-electron chi connectivity index (χ4n) is 4.00. The summed E-state index contributed by atoms with van der Waals surface area (Å²) in [5.41, 5.74) is 3.37. The molecule has 0 radical (unpaired) electrons. The number of hydrogen-bond donors (Lipinski definition) is 1. The van der Waals surface area contributed by atoms with E-state index < -0.39 is 16.1 Å². The molecule has 0 spiro atoms. The highest BCUT2D eigenvalue weighted by Crippen LogP contribution is 2.25. The highest BCUT2D eigenvalue weighted by atomic mass is 35.5. The molecule has 0 aliphatic heterocycles. The second-order valence-corrected chi connectivity index (χ2v) is 11.9. The number of anilines is 1. The summed E-state index contributed by atoms with van der Waals surface area (Å²) in [5, 5.41) is 3.66. The molecule has 0 bridgehead atoms. The van der Waals surface area contributed by atoms with E-state index in [2.05, 4.69) is 5.32 Å². The number of nitrogens with one attached hydrogen (secondary N) is 1. The summed E-state index contributed by atoms with van der Waals surface area (Å²) in [7, 11) is -3.55. The number of amides is 2. The van der Waals surface area contributed by atoms with Crippen molar-refractivity contribution in [3.63, 3.8) is 0 Å². The normalized spacial score (nSPS) is 12.2. The molecule has 0 unspecified atom stereocenters. The van der Waals surface area contributed by atoms with E-state index in [-0.39, 0.29) is 31.3 Å². The van der Waals surface area contributed by atoms with Crippen LogP contribution in [-0.2, 0) is 26.2 Å². The Kier molecular flexibility index (Phi) is 11.7. The molecule has 2 amide bonds. The Hall–Kier alpha value is -2.29. The van der Waals surface area contributed by atoms with Crippen LogP contribution < -0.4 is 9.62 Å². The summed E-state index contributed by atoms with van der Waals surface area (Å²) >= 11 is 12.2. The Morgan fingerprint density at radius 1 is 1.00 bits per heavy atom. The first-order valence-electron chi connectivity index (χ1n) is 12.4. The third kappa shape index (κ3) is 8.90. The first-order valence-corrected chi connectivity index (χ1v) is 15.1. The van der Waals surface area contributed by atoms with Crippen molar-refractivity contribution in [2.75, 3.05) is 23.7 Å². The molecule has 0 aromatic heterocycles. The van der Waals surface area contributed by atoms with Crippen LogP contribution in [0.1, 0.15) is 56.2 Å². The van der Waals surface area contributed by atoms with E-state index in [4.69, 9.17) is 23.2 Å². The molecule has 0 saturated heterocycles. The summed E-state index contributed by atoms with van der Waals surface area (Å²) in [6.07, 6.45) is 2.74. The number of benzene rings is 2. The number of nitrogens with zero attached hydrogens (tertiary/aromatic N) is 2. The Balaban J connectivity index is 2.24. The zero-order valence-corrected chi connectivity index (χ0v) is 24.5. The number of halogens is 2. The van der Waals surface area contributed by atoms with Crippen LogP contribution in [0, 0.1) is 13.8 Å². The molecule has 2 aromatic rings. The minimum atomic E-state index is -3.55. The van der Waals surface area contributed by atoms with Crippen LogP contribution in [0.2, 0.25) is 10.0 Å². The zero-order chi connectivity index (χ0) is 27.8. The average Bonchev–Trinajstić information content (AvgIpc) is 2.83. The monoisotopic (exact) mass is 569 g/mol. The van der Waals surface area contributed by atoms with E-state index in [9.17, 15) is 18.0 Å². The number of carbonyl (C=O) groups is 2. The molecule has 0 heterocycles. The van der Waals surface area contributed by atoms with Crippen LogP contribution in [-0.4, -0.2) is 50.5 Å². The van der Waals surface area contributed by atoms with Gasteiger partial charge >= 0.3 is 0 Å². The predicted molar refractivity (Wildman–Crippen MR) is 152 cm³/mol. The zero-order valence-electron chi connectivity index (χ0n) is 22.2. The highest BCUT2D eigenvalue weighted by Gasteiger charge is 2.29. The van der Waals surface area contributed by atoms with Gasteiger partial charge in [-0.05, 0) is 74.1 Å². The van der Waals surface area contributed by atoms with Gasteiger partial charge in [-0.15, -0.1) is 0 Å². The van der Waals surface area contributed by atoms with Gasteiger partial charge in [0.1, 0.15) is 6.04 Å². The smallest absolute Gasteiger partial charge is 0.242 e. The summed E-state index contributed by atoms with van der Waals surface area (Å²) in [6, 6.07) is 9.94. The summed E-state index contributed by atoms with van der Waals surface area (Å²) in [6.45, 7) is 8.56. The van der Waals surface area contributed by atoms with E-state index in [0.717, 1.165) is 29.4 Å². The predicted octanol–water partition coefficient (Wildman–Crippen LogP) is 5.49. The molecule has 2 rings (SSSR count). The lowest BCUT2D eigenvalue weighted by atomic mass is 10.1. The Morgan fingerprint density at radius 3 is 2.27 bits per heavy atom. The van der Waals surface area contributed by atoms with Gasteiger partial charge in [0.25, 0.3) is 0 Å². The minimum absolute atomic E-state index is 0.0791. The number of hydrogen-bond acceptors (Lipinski definition) is 4. The quantitative estimate of drug-likeness (QED) is 0.345. The summed E-state index contributed by atoms with van der Waals surface area (Å²) in [4.78, 5) is 27.9. The lowest BCUT2D eigenvalue weighted by Crippen LogP contribution is -2.49. The maximum atomic E-state index is 13.5. The molecular weight excluding hydrogens is 533 g/mol. The summed E-state index contributed by atoms with van der Waals surface area (Å²) < 4.78 is 26.4. The van der Waals surface area contributed by atoms with Crippen molar-refractivity contribution in [1.82, 2.24) is 10.2 Å². The van der Waals surface area contributed by atoms with Gasteiger partial charge in [0.15, 0.2) is 0 Å². The number of sulfonamides is 1. The van der Waals surface area contributed by atoms with Gasteiger partial charge < -0.3 is 10.2 Å². The van der Waals surface area contributed by atoms with Gasteiger partial charge in [-0.2, -0.15) is 0 Å². The topological polar surface area (TPSA) is 86.8 Å². The second-order valence-electron chi connectivity index (χ2n) is 9.19. The fraction of sp³-hybridized carbons (Fsp3) is 0.481. The third-order valence-electron chi connectivity index (χ3n) is 6.20. The average molecular weight is 571 g/mol. The first-order chi connectivity index (χ1) is 17.4. The van der Waals surface area contributed by atoms with Crippen molar-refractivity contribution in [3.05, 3.63) is 63.1 Å². The summed E-state index contributed by atoms with van der Waals surface area (Å²) in [5.74, 6) is -0.455. The van der Waals surface area contributed by atoms with Gasteiger partial charge in [0.2, 0.25) is 21.8 Å². The first kappa shape index (κ1) is 30.9. The van der Waals surface area contributed by atoms with Crippen LogP contribution in [0.25, 0.3) is 0 Å². The Morgan fingerprint density at radius 2 is 1.70 bits per heavy atom. The second kappa shape index (κ2) is 14.0. The maximum Gasteiger partial charge on any atom is 0.242 e. The SMILES string of the molecule is CCCNC(=O)[C@@H](CC)N(Cc1ccc(Cl)c(Cl)c1)C(=O)CCCN(c1ccc(C)c(C)c1)S(C)(=O)=O. The van der Waals surface area contributed by atoms with Gasteiger partial charge in [0.05, 0.1) is 22.0 Å². The Bertz CT molecular complexity index is 1200.